The minimum Gasteiger partial charge on any atom is -0.346 e. The van der Waals surface area contributed by atoms with Gasteiger partial charge in [-0.2, -0.15) is 18.2 Å². The summed E-state index contributed by atoms with van der Waals surface area (Å²) in [7, 11) is 0. The number of aromatic nitrogens is 2. The van der Waals surface area contributed by atoms with Crippen LogP contribution in [0.5, 0.6) is 0 Å². The maximum absolute atomic E-state index is 12.6. The molecule has 100 valence electrons. The van der Waals surface area contributed by atoms with Gasteiger partial charge in [-0.05, 0) is 19.8 Å². The van der Waals surface area contributed by atoms with Crippen molar-refractivity contribution in [3.63, 3.8) is 0 Å². The second-order valence-corrected chi connectivity index (χ2v) is 4.37. The number of rotatable bonds is 3. The highest BCUT2D eigenvalue weighted by Gasteiger charge is 2.53. The molecule has 9 heteroatoms. The Balaban J connectivity index is 2.16. The summed E-state index contributed by atoms with van der Waals surface area (Å²) < 4.78 is 42.2. The van der Waals surface area contributed by atoms with Crippen molar-refractivity contribution in [2.24, 2.45) is 5.73 Å². The van der Waals surface area contributed by atoms with Crippen LogP contribution in [0.25, 0.3) is 0 Å². The quantitative estimate of drug-likeness (QED) is 0.838. The zero-order chi connectivity index (χ0) is 13.6. The second kappa shape index (κ2) is 3.94. The number of carbonyl (C=O) groups excluding carboxylic acids is 1. The normalized spacial score (nSPS) is 19.4. The van der Waals surface area contributed by atoms with Gasteiger partial charge in [-0.3, -0.25) is 4.79 Å². The van der Waals surface area contributed by atoms with Gasteiger partial charge >= 0.3 is 6.18 Å². The van der Waals surface area contributed by atoms with E-state index in [-0.39, 0.29) is 6.04 Å². The standard InChI is InChI=1S/C9H11F3N4O2/c1-8(13,9(10,11)12)7-15-5(16-18-7)6(17)14-4-2-3-4/h4H,2-3,13H2,1H3,(H,14,17). The predicted molar refractivity (Wildman–Crippen MR) is 52.4 cm³/mol. The number of amides is 1. The number of hydrogen-bond donors (Lipinski definition) is 2. The number of alkyl halides is 3. The van der Waals surface area contributed by atoms with Gasteiger partial charge in [-0.25, -0.2) is 0 Å². The first-order chi connectivity index (χ1) is 8.22. The van der Waals surface area contributed by atoms with E-state index in [1.54, 1.807) is 0 Å². The molecule has 3 N–H and O–H groups in total. The summed E-state index contributed by atoms with van der Waals surface area (Å²) in [5.41, 5.74) is 2.31. The van der Waals surface area contributed by atoms with Crippen molar-refractivity contribution in [3.05, 3.63) is 11.7 Å². The van der Waals surface area contributed by atoms with Crippen LogP contribution in [-0.2, 0) is 5.54 Å². The summed E-state index contributed by atoms with van der Waals surface area (Å²) in [6.45, 7) is 0.698. The minimum atomic E-state index is -4.75. The van der Waals surface area contributed by atoms with Crippen LogP contribution >= 0.6 is 0 Å². The van der Waals surface area contributed by atoms with E-state index in [9.17, 15) is 18.0 Å². The van der Waals surface area contributed by atoms with Crippen LogP contribution in [0.15, 0.2) is 4.52 Å². The van der Waals surface area contributed by atoms with Gasteiger partial charge in [-0.15, -0.1) is 0 Å². The molecular weight excluding hydrogens is 253 g/mol. The summed E-state index contributed by atoms with van der Waals surface area (Å²) in [6, 6.07) is 0.0475. The third-order valence-corrected chi connectivity index (χ3v) is 2.57. The Morgan fingerprint density at radius 1 is 1.50 bits per heavy atom. The molecule has 0 aromatic carbocycles. The molecule has 0 aliphatic heterocycles. The van der Waals surface area contributed by atoms with Crippen molar-refractivity contribution in [2.75, 3.05) is 0 Å². The van der Waals surface area contributed by atoms with Crippen LogP contribution in [0.1, 0.15) is 36.3 Å². The van der Waals surface area contributed by atoms with Gasteiger partial charge in [0.2, 0.25) is 0 Å². The number of nitrogens with two attached hydrogens (primary N) is 1. The van der Waals surface area contributed by atoms with Gasteiger partial charge in [0, 0.05) is 6.04 Å². The Labute approximate surface area is 99.7 Å². The van der Waals surface area contributed by atoms with E-state index in [0.29, 0.717) is 6.92 Å². The SMILES string of the molecule is CC(N)(c1nc(C(=O)NC2CC2)no1)C(F)(F)F. The van der Waals surface area contributed by atoms with Crippen LogP contribution in [0, 0.1) is 0 Å². The van der Waals surface area contributed by atoms with Crippen molar-refractivity contribution in [1.82, 2.24) is 15.5 Å². The summed E-state index contributed by atoms with van der Waals surface area (Å²) in [5.74, 6) is -1.95. The van der Waals surface area contributed by atoms with Crippen molar-refractivity contribution in [3.8, 4) is 0 Å². The lowest BCUT2D eigenvalue weighted by atomic mass is 10.0. The number of carbonyl (C=O) groups is 1. The van der Waals surface area contributed by atoms with Crippen molar-refractivity contribution in [1.29, 1.82) is 0 Å². The summed E-state index contributed by atoms with van der Waals surface area (Å²) >= 11 is 0. The number of nitrogens with zero attached hydrogens (tertiary/aromatic N) is 2. The molecule has 0 spiro atoms. The first-order valence-electron chi connectivity index (χ1n) is 5.22. The highest BCUT2D eigenvalue weighted by molar-refractivity contribution is 5.90. The molecule has 0 saturated heterocycles. The lowest BCUT2D eigenvalue weighted by Gasteiger charge is -2.22. The van der Waals surface area contributed by atoms with E-state index < -0.39 is 29.3 Å². The van der Waals surface area contributed by atoms with Gasteiger partial charge in [0.25, 0.3) is 17.6 Å². The maximum Gasteiger partial charge on any atom is 0.415 e. The van der Waals surface area contributed by atoms with Crippen LogP contribution in [0.3, 0.4) is 0 Å². The lowest BCUT2D eigenvalue weighted by Crippen LogP contribution is -2.48. The Kier molecular flexibility index (Phi) is 2.80. The smallest absolute Gasteiger partial charge is 0.346 e. The van der Waals surface area contributed by atoms with Gasteiger partial charge in [0.05, 0.1) is 0 Å². The molecule has 2 rings (SSSR count). The molecule has 1 fully saturated rings. The molecule has 1 aliphatic carbocycles. The van der Waals surface area contributed by atoms with Crippen molar-refractivity contribution < 1.29 is 22.5 Å². The van der Waals surface area contributed by atoms with E-state index in [1.165, 1.54) is 0 Å². The number of hydrogen-bond acceptors (Lipinski definition) is 5. The lowest BCUT2D eigenvalue weighted by molar-refractivity contribution is -0.190. The predicted octanol–water partition coefficient (Wildman–Crippen LogP) is 0.698. The second-order valence-electron chi connectivity index (χ2n) is 4.37. The summed E-state index contributed by atoms with van der Waals surface area (Å²) in [6.07, 6.45) is -3.06. The Morgan fingerprint density at radius 3 is 2.61 bits per heavy atom. The first-order valence-corrected chi connectivity index (χ1v) is 5.22. The Hall–Kier alpha value is -1.64. The third-order valence-electron chi connectivity index (χ3n) is 2.57. The molecule has 1 heterocycles. The molecule has 1 unspecified atom stereocenters. The molecule has 0 bridgehead atoms. The minimum absolute atomic E-state index is 0.0475. The van der Waals surface area contributed by atoms with Crippen LogP contribution in [0.4, 0.5) is 13.2 Å². The average Bonchev–Trinajstić information content (AvgIpc) is 2.91. The van der Waals surface area contributed by atoms with Crippen LogP contribution < -0.4 is 11.1 Å². The van der Waals surface area contributed by atoms with E-state index >= 15 is 0 Å². The molecular formula is C9H11F3N4O2. The number of nitrogens with one attached hydrogen (secondary N) is 1. The molecule has 1 aliphatic rings. The topological polar surface area (TPSA) is 94.0 Å². The fourth-order valence-corrected chi connectivity index (χ4v) is 1.13. The molecule has 1 amide bonds. The molecule has 18 heavy (non-hydrogen) atoms. The van der Waals surface area contributed by atoms with Crippen LogP contribution in [0.2, 0.25) is 0 Å². The molecule has 6 nitrogen and oxygen atoms in total. The Morgan fingerprint density at radius 2 is 2.11 bits per heavy atom. The molecule has 1 aromatic rings. The fraction of sp³-hybridized carbons (Fsp3) is 0.667. The van der Waals surface area contributed by atoms with Gasteiger partial charge in [0.1, 0.15) is 0 Å². The molecule has 1 saturated carbocycles. The largest absolute Gasteiger partial charge is 0.415 e. The molecule has 0 radical (unpaired) electrons. The van der Waals surface area contributed by atoms with Gasteiger partial charge in [-0.1, -0.05) is 5.16 Å². The molecule has 1 atom stereocenters. The van der Waals surface area contributed by atoms with Crippen molar-refractivity contribution >= 4 is 5.91 Å². The summed E-state index contributed by atoms with van der Waals surface area (Å²) in [4.78, 5) is 14.9. The monoisotopic (exact) mass is 264 g/mol. The first kappa shape index (κ1) is 12.8. The zero-order valence-electron chi connectivity index (χ0n) is 9.41. The maximum atomic E-state index is 12.6. The summed E-state index contributed by atoms with van der Waals surface area (Å²) in [5, 5.41) is 5.73. The van der Waals surface area contributed by atoms with Gasteiger partial charge in [0.15, 0.2) is 5.54 Å². The zero-order valence-corrected chi connectivity index (χ0v) is 9.41. The van der Waals surface area contributed by atoms with Gasteiger partial charge < -0.3 is 15.6 Å². The Bertz CT molecular complexity index is 465. The highest BCUT2D eigenvalue weighted by Crippen LogP contribution is 2.35. The van der Waals surface area contributed by atoms with E-state index in [0.717, 1.165) is 12.8 Å². The van der Waals surface area contributed by atoms with Crippen LogP contribution in [-0.4, -0.2) is 28.3 Å². The fourth-order valence-electron chi connectivity index (χ4n) is 1.13. The highest BCUT2D eigenvalue weighted by atomic mass is 19.4. The van der Waals surface area contributed by atoms with E-state index in [4.69, 9.17) is 5.73 Å². The number of halogens is 3. The van der Waals surface area contributed by atoms with E-state index in [2.05, 4.69) is 20.0 Å². The molecule has 1 aromatic heterocycles. The average molecular weight is 264 g/mol. The van der Waals surface area contributed by atoms with Crippen molar-refractivity contribution in [2.45, 2.75) is 37.5 Å². The third kappa shape index (κ3) is 2.30. The van der Waals surface area contributed by atoms with E-state index in [1.807, 2.05) is 0 Å².